The quantitative estimate of drug-likeness (QED) is 0.582. The van der Waals surface area contributed by atoms with E-state index >= 15 is 0 Å². The third-order valence-electron chi connectivity index (χ3n) is 2.42. The summed E-state index contributed by atoms with van der Waals surface area (Å²) in [5.41, 5.74) is 0. The van der Waals surface area contributed by atoms with Crippen molar-refractivity contribution >= 4 is 5.97 Å². The average molecular weight is 201 g/mol. The highest BCUT2D eigenvalue weighted by Gasteiger charge is 2.04. The predicted molar refractivity (Wildman–Crippen MR) is 58.5 cm³/mol. The minimum Gasteiger partial charge on any atom is -0.481 e. The fraction of sp³-hybridized carbons (Fsp3) is 0.909. The number of carbonyl (C=O) groups is 1. The highest BCUT2D eigenvalue weighted by Crippen LogP contribution is 2.01. The Morgan fingerprint density at radius 1 is 1.14 bits per heavy atom. The van der Waals surface area contributed by atoms with Crippen molar-refractivity contribution in [2.24, 2.45) is 0 Å². The lowest BCUT2D eigenvalue weighted by Crippen LogP contribution is -2.27. The second kappa shape index (κ2) is 9.00. The summed E-state index contributed by atoms with van der Waals surface area (Å²) in [6.45, 7) is 6.98. The maximum absolute atomic E-state index is 10.4. The van der Waals surface area contributed by atoms with Gasteiger partial charge in [-0.3, -0.25) is 4.79 Å². The number of unbranched alkanes of at least 4 members (excludes halogenated alkanes) is 3. The number of carboxylic acid groups (broad SMARTS) is 1. The molecule has 0 unspecified atom stereocenters. The van der Waals surface area contributed by atoms with Gasteiger partial charge in [-0.1, -0.05) is 33.1 Å². The Labute approximate surface area is 87.1 Å². The molecular weight excluding hydrogens is 178 g/mol. The van der Waals surface area contributed by atoms with Crippen LogP contribution in [-0.2, 0) is 4.79 Å². The summed E-state index contributed by atoms with van der Waals surface area (Å²) in [5.74, 6) is -0.697. The van der Waals surface area contributed by atoms with E-state index in [0.717, 1.165) is 13.1 Å². The van der Waals surface area contributed by atoms with Crippen LogP contribution in [0.15, 0.2) is 0 Å². The van der Waals surface area contributed by atoms with Crippen LogP contribution >= 0.6 is 0 Å². The van der Waals surface area contributed by atoms with Crippen LogP contribution in [0, 0.1) is 0 Å². The molecule has 0 bridgehead atoms. The number of aliphatic carboxylic acids is 1. The molecule has 3 heteroatoms. The molecule has 0 amide bonds. The molecule has 84 valence electrons. The fourth-order valence-corrected chi connectivity index (χ4v) is 1.44. The Bertz CT molecular complexity index is 148. The number of rotatable bonds is 9. The molecule has 0 aromatic rings. The lowest BCUT2D eigenvalue weighted by atomic mass is 10.2. The molecule has 0 aromatic carbocycles. The largest absolute Gasteiger partial charge is 0.481 e. The Balaban J connectivity index is 3.42. The summed E-state index contributed by atoms with van der Waals surface area (Å²) in [6.07, 6.45) is 5.26. The lowest BCUT2D eigenvalue weighted by Gasteiger charge is -2.18. The molecular formula is C11H23NO2. The SMILES string of the molecule is CCCCCCN(CC)CCC(=O)O. The highest BCUT2D eigenvalue weighted by molar-refractivity contribution is 5.66. The van der Waals surface area contributed by atoms with E-state index in [-0.39, 0.29) is 6.42 Å². The molecule has 0 aliphatic heterocycles. The van der Waals surface area contributed by atoms with Gasteiger partial charge in [0.1, 0.15) is 0 Å². The molecule has 14 heavy (non-hydrogen) atoms. The zero-order valence-corrected chi connectivity index (χ0v) is 9.46. The molecule has 0 radical (unpaired) electrons. The van der Waals surface area contributed by atoms with Crippen LogP contribution in [0.25, 0.3) is 0 Å². The summed E-state index contributed by atoms with van der Waals surface area (Å²) in [4.78, 5) is 12.6. The number of nitrogens with zero attached hydrogens (tertiary/aromatic N) is 1. The molecule has 0 aromatic heterocycles. The van der Waals surface area contributed by atoms with E-state index in [9.17, 15) is 4.79 Å². The summed E-state index contributed by atoms with van der Waals surface area (Å²) in [7, 11) is 0. The third kappa shape index (κ3) is 8.05. The van der Waals surface area contributed by atoms with Crippen molar-refractivity contribution in [3.8, 4) is 0 Å². The number of hydrogen-bond acceptors (Lipinski definition) is 2. The van der Waals surface area contributed by atoms with Crippen LogP contribution in [0.4, 0.5) is 0 Å². The van der Waals surface area contributed by atoms with Crippen LogP contribution in [0.2, 0.25) is 0 Å². The first-order valence-electron chi connectivity index (χ1n) is 5.64. The molecule has 0 saturated carbocycles. The fourth-order valence-electron chi connectivity index (χ4n) is 1.44. The van der Waals surface area contributed by atoms with Crippen molar-refractivity contribution in [2.45, 2.75) is 46.0 Å². The minimum absolute atomic E-state index is 0.265. The molecule has 0 spiro atoms. The minimum atomic E-state index is -0.697. The van der Waals surface area contributed by atoms with E-state index in [1.165, 1.54) is 25.7 Å². The van der Waals surface area contributed by atoms with Gasteiger partial charge in [-0.05, 0) is 19.5 Å². The maximum Gasteiger partial charge on any atom is 0.304 e. The van der Waals surface area contributed by atoms with Gasteiger partial charge in [-0.2, -0.15) is 0 Å². The van der Waals surface area contributed by atoms with Crippen LogP contribution < -0.4 is 0 Å². The zero-order chi connectivity index (χ0) is 10.8. The third-order valence-corrected chi connectivity index (χ3v) is 2.42. The van der Waals surface area contributed by atoms with E-state index < -0.39 is 5.97 Å². The topological polar surface area (TPSA) is 40.5 Å². The highest BCUT2D eigenvalue weighted by atomic mass is 16.4. The summed E-state index contributed by atoms with van der Waals surface area (Å²) >= 11 is 0. The molecule has 1 N–H and O–H groups in total. The van der Waals surface area contributed by atoms with Crippen molar-refractivity contribution in [2.75, 3.05) is 19.6 Å². The number of carboxylic acids is 1. The monoisotopic (exact) mass is 201 g/mol. The maximum atomic E-state index is 10.4. The normalized spacial score (nSPS) is 10.8. The van der Waals surface area contributed by atoms with Gasteiger partial charge in [0, 0.05) is 6.54 Å². The van der Waals surface area contributed by atoms with Gasteiger partial charge in [0.25, 0.3) is 0 Å². The van der Waals surface area contributed by atoms with Crippen LogP contribution in [0.5, 0.6) is 0 Å². The smallest absolute Gasteiger partial charge is 0.304 e. The second-order valence-corrected chi connectivity index (χ2v) is 3.64. The van der Waals surface area contributed by atoms with Gasteiger partial charge in [-0.15, -0.1) is 0 Å². The average Bonchev–Trinajstić information content (AvgIpc) is 2.16. The first-order valence-corrected chi connectivity index (χ1v) is 5.64. The Morgan fingerprint density at radius 3 is 2.36 bits per heavy atom. The van der Waals surface area contributed by atoms with Gasteiger partial charge in [0.2, 0.25) is 0 Å². The van der Waals surface area contributed by atoms with Crippen molar-refractivity contribution in [3.63, 3.8) is 0 Å². The standard InChI is InChI=1S/C11H23NO2/c1-3-5-6-7-9-12(4-2)10-8-11(13)14/h3-10H2,1-2H3,(H,13,14). The van der Waals surface area contributed by atoms with Crippen molar-refractivity contribution in [3.05, 3.63) is 0 Å². The molecule has 0 saturated heterocycles. The Hall–Kier alpha value is -0.570. The molecule has 0 rings (SSSR count). The molecule has 0 atom stereocenters. The summed E-state index contributed by atoms with van der Waals surface area (Å²) < 4.78 is 0. The van der Waals surface area contributed by atoms with Crippen LogP contribution in [-0.4, -0.2) is 35.6 Å². The van der Waals surface area contributed by atoms with Crippen molar-refractivity contribution in [1.82, 2.24) is 4.90 Å². The van der Waals surface area contributed by atoms with Gasteiger partial charge in [0.05, 0.1) is 6.42 Å². The number of hydrogen-bond donors (Lipinski definition) is 1. The first kappa shape index (κ1) is 13.4. The zero-order valence-electron chi connectivity index (χ0n) is 9.46. The van der Waals surface area contributed by atoms with Gasteiger partial charge in [-0.25, -0.2) is 0 Å². The molecule has 0 heterocycles. The Morgan fingerprint density at radius 2 is 1.86 bits per heavy atom. The second-order valence-electron chi connectivity index (χ2n) is 3.64. The molecule has 3 nitrogen and oxygen atoms in total. The Kier molecular flexibility index (Phi) is 8.64. The lowest BCUT2D eigenvalue weighted by molar-refractivity contribution is -0.137. The molecule has 0 aliphatic carbocycles. The molecule has 0 aliphatic rings. The van der Waals surface area contributed by atoms with E-state index in [0.29, 0.717) is 6.54 Å². The first-order chi connectivity index (χ1) is 6.70. The van der Waals surface area contributed by atoms with Gasteiger partial charge >= 0.3 is 5.97 Å². The van der Waals surface area contributed by atoms with Gasteiger partial charge < -0.3 is 10.0 Å². The van der Waals surface area contributed by atoms with Crippen molar-refractivity contribution < 1.29 is 9.90 Å². The molecule has 0 fully saturated rings. The van der Waals surface area contributed by atoms with Crippen LogP contribution in [0.3, 0.4) is 0 Å². The van der Waals surface area contributed by atoms with Crippen LogP contribution in [0.1, 0.15) is 46.0 Å². The van der Waals surface area contributed by atoms with Crippen molar-refractivity contribution in [1.29, 1.82) is 0 Å². The predicted octanol–water partition coefficient (Wildman–Crippen LogP) is 2.36. The van der Waals surface area contributed by atoms with Gasteiger partial charge in [0.15, 0.2) is 0 Å². The van der Waals surface area contributed by atoms with E-state index in [4.69, 9.17) is 5.11 Å². The van der Waals surface area contributed by atoms with E-state index in [1.54, 1.807) is 0 Å². The van der Waals surface area contributed by atoms with E-state index in [2.05, 4.69) is 18.7 Å². The van der Waals surface area contributed by atoms with E-state index in [1.807, 2.05) is 0 Å². The summed E-state index contributed by atoms with van der Waals surface area (Å²) in [5, 5.41) is 8.54. The summed E-state index contributed by atoms with van der Waals surface area (Å²) in [6, 6.07) is 0.